The largest absolute Gasteiger partial charge is 0.380 e. The molecule has 0 spiro atoms. The first-order valence-corrected chi connectivity index (χ1v) is 9.52. The Morgan fingerprint density at radius 2 is 2.08 bits per heavy atom. The Hall–Kier alpha value is -1.90. The lowest BCUT2D eigenvalue weighted by Gasteiger charge is -2.06. The Labute approximate surface area is 160 Å². The number of nitrogens with zero attached hydrogens (tertiary/aromatic N) is 2. The van der Waals surface area contributed by atoms with Crippen LogP contribution < -0.4 is 4.80 Å². The summed E-state index contributed by atoms with van der Waals surface area (Å²) in [5.41, 5.74) is 0.614. The molecule has 136 valence electrons. The molecule has 0 unspecified atom stereocenters. The molecule has 0 N–H and O–H groups in total. The number of benzene rings is 2. The summed E-state index contributed by atoms with van der Waals surface area (Å²) in [6.45, 7) is 3.00. The first kappa shape index (κ1) is 18.9. The van der Waals surface area contributed by atoms with Crippen LogP contribution in [0.1, 0.15) is 17.3 Å². The van der Waals surface area contributed by atoms with E-state index in [1.54, 1.807) is 28.8 Å². The molecule has 0 saturated heterocycles. The van der Waals surface area contributed by atoms with Gasteiger partial charge in [0.1, 0.15) is 5.82 Å². The van der Waals surface area contributed by atoms with Crippen LogP contribution in [0.15, 0.2) is 45.9 Å². The van der Waals surface area contributed by atoms with Crippen molar-refractivity contribution in [3.63, 3.8) is 0 Å². The lowest BCUT2D eigenvalue weighted by Crippen LogP contribution is -2.20. The number of thiazole rings is 1. The van der Waals surface area contributed by atoms with Gasteiger partial charge in [-0.2, -0.15) is 4.99 Å². The van der Waals surface area contributed by atoms with Gasteiger partial charge in [-0.15, -0.1) is 0 Å². The Bertz CT molecular complexity index is 1030. The number of hydrogen-bond acceptors (Lipinski definition) is 3. The van der Waals surface area contributed by atoms with Gasteiger partial charge in [0.05, 0.1) is 22.4 Å². The molecule has 0 saturated carbocycles. The van der Waals surface area contributed by atoms with Crippen LogP contribution in [-0.4, -0.2) is 23.7 Å². The molecule has 2 aromatic carbocycles. The molecular weight excluding hydrogens is 426 g/mol. The molecule has 0 aliphatic rings. The van der Waals surface area contributed by atoms with Gasteiger partial charge in [0.15, 0.2) is 10.6 Å². The third-order valence-corrected chi connectivity index (χ3v) is 5.38. The van der Waals surface area contributed by atoms with Crippen LogP contribution in [0.3, 0.4) is 0 Å². The van der Waals surface area contributed by atoms with Gasteiger partial charge in [-0.25, -0.2) is 8.78 Å². The molecular formula is C18H15BrF2N2O2S. The summed E-state index contributed by atoms with van der Waals surface area (Å²) in [7, 11) is 0. The van der Waals surface area contributed by atoms with Gasteiger partial charge in [0.25, 0.3) is 5.91 Å². The number of carbonyl (C=O) groups is 1. The van der Waals surface area contributed by atoms with Crippen LogP contribution in [-0.2, 0) is 11.3 Å². The van der Waals surface area contributed by atoms with Gasteiger partial charge in [-0.3, -0.25) is 4.79 Å². The third kappa shape index (κ3) is 3.92. The van der Waals surface area contributed by atoms with Crippen molar-refractivity contribution < 1.29 is 18.3 Å². The predicted octanol–water partition coefficient (Wildman–Crippen LogP) is 4.52. The van der Waals surface area contributed by atoms with E-state index < -0.39 is 17.5 Å². The van der Waals surface area contributed by atoms with E-state index in [-0.39, 0.29) is 5.52 Å². The second-order valence-electron chi connectivity index (χ2n) is 5.36. The summed E-state index contributed by atoms with van der Waals surface area (Å²) in [6.07, 6.45) is 0. The predicted molar refractivity (Wildman–Crippen MR) is 100 cm³/mol. The van der Waals surface area contributed by atoms with Crippen molar-refractivity contribution in [3.8, 4) is 0 Å². The quantitative estimate of drug-likeness (QED) is 0.547. The molecule has 0 atom stereocenters. The molecule has 4 nitrogen and oxygen atoms in total. The Morgan fingerprint density at radius 3 is 2.81 bits per heavy atom. The summed E-state index contributed by atoms with van der Waals surface area (Å²) >= 11 is 4.39. The summed E-state index contributed by atoms with van der Waals surface area (Å²) in [4.78, 5) is 17.0. The van der Waals surface area contributed by atoms with Gasteiger partial charge in [-0.1, -0.05) is 23.5 Å². The molecule has 1 aromatic heterocycles. The molecule has 0 bridgehead atoms. The van der Waals surface area contributed by atoms with Crippen molar-refractivity contribution in [2.24, 2.45) is 4.99 Å². The number of rotatable bonds is 5. The lowest BCUT2D eigenvalue weighted by molar-refractivity contribution is 0.0996. The summed E-state index contributed by atoms with van der Waals surface area (Å²) in [5.74, 6) is -1.82. The second kappa shape index (κ2) is 8.20. The fraction of sp³-hybridized carbons (Fsp3) is 0.222. The van der Waals surface area contributed by atoms with Gasteiger partial charge >= 0.3 is 0 Å². The topological polar surface area (TPSA) is 43.6 Å². The highest BCUT2D eigenvalue weighted by atomic mass is 79.9. The average Bonchev–Trinajstić information content (AvgIpc) is 2.92. The monoisotopic (exact) mass is 440 g/mol. The number of fused-ring (bicyclic) bond motifs is 1. The molecule has 3 rings (SSSR count). The van der Waals surface area contributed by atoms with Crippen LogP contribution >= 0.6 is 27.3 Å². The summed E-state index contributed by atoms with van der Waals surface area (Å²) < 4.78 is 35.8. The van der Waals surface area contributed by atoms with Gasteiger partial charge in [-0.05, 0) is 41.1 Å². The highest BCUT2D eigenvalue weighted by Gasteiger charge is 2.15. The third-order valence-electron chi connectivity index (χ3n) is 3.66. The lowest BCUT2D eigenvalue weighted by atomic mass is 10.2. The second-order valence-corrected chi connectivity index (χ2v) is 7.23. The smallest absolute Gasteiger partial charge is 0.280 e. The van der Waals surface area contributed by atoms with Crippen molar-refractivity contribution in [1.29, 1.82) is 0 Å². The zero-order valence-corrected chi connectivity index (χ0v) is 16.2. The Kier molecular flexibility index (Phi) is 5.95. The van der Waals surface area contributed by atoms with E-state index >= 15 is 0 Å². The fourth-order valence-corrected chi connectivity index (χ4v) is 4.05. The average molecular weight is 441 g/mol. The van der Waals surface area contributed by atoms with E-state index in [0.717, 1.165) is 17.4 Å². The molecule has 8 heteroatoms. The summed E-state index contributed by atoms with van der Waals surface area (Å²) in [5, 5.41) is 0. The molecule has 1 heterocycles. The van der Waals surface area contributed by atoms with E-state index in [4.69, 9.17) is 4.74 Å². The Morgan fingerprint density at radius 1 is 1.31 bits per heavy atom. The number of ether oxygens (including phenoxy) is 1. The zero-order chi connectivity index (χ0) is 18.7. The minimum absolute atomic E-state index is 0.217. The molecule has 3 aromatic rings. The fourth-order valence-electron chi connectivity index (χ4n) is 2.50. The highest BCUT2D eigenvalue weighted by molar-refractivity contribution is 9.10. The first-order valence-electron chi connectivity index (χ1n) is 7.91. The summed E-state index contributed by atoms with van der Waals surface area (Å²) in [6, 6.07) is 8.98. The molecule has 0 aliphatic heterocycles. The maximum absolute atomic E-state index is 14.3. The normalized spacial score (nSPS) is 12.1. The van der Waals surface area contributed by atoms with Crippen LogP contribution in [0.5, 0.6) is 0 Å². The van der Waals surface area contributed by atoms with Crippen molar-refractivity contribution >= 4 is 43.4 Å². The number of carbonyl (C=O) groups excluding carboxylic acids is 1. The molecule has 0 fully saturated rings. The van der Waals surface area contributed by atoms with Crippen molar-refractivity contribution in [2.75, 3.05) is 13.2 Å². The van der Waals surface area contributed by atoms with Crippen LogP contribution in [0, 0.1) is 11.6 Å². The van der Waals surface area contributed by atoms with E-state index in [0.29, 0.717) is 39.3 Å². The van der Waals surface area contributed by atoms with Crippen LogP contribution in [0.2, 0.25) is 0 Å². The zero-order valence-electron chi connectivity index (χ0n) is 13.8. The highest BCUT2D eigenvalue weighted by Crippen LogP contribution is 2.23. The SMILES string of the molecule is CCOCCn1c(=NC(=O)c2ccccc2Br)sc2cc(F)cc(F)c21. The molecule has 0 aliphatic carbocycles. The van der Waals surface area contributed by atoms with Crippen LogP contribution in [0.4, 0.5) is 8.78 Å². The van der Waals surface area contributed by atoms with Crippen molar-refractivity contribution in [1.82, 2.24) is 4.57 Å². The van der Waals surface area contributed by atoms with Crippen LogP contribution in [0.25, 0.3) is 10.2 Å². The van der Waals surface area contributed by atoms with Gasteiger partial charge in [0, 0.05) is 23.7 Å². The minimum atomic E-state index is -0.692. The number of hydrogen-bond donors (Lipinski definition) is 0. The van der Waals surface area contributed by atoms with E-state index in [9.17, 15) is 13.6 Å². The van der Waals surface area contributed by atoms with Crippen molar-refractivity contribution in [2.45, 2.75) is 13.5 Å². The minimum Gasteiger partial charge on any atom is -0.380 e. The molecule has 1 amide bonds. The van der Waals surface area contributed by atoms with Crippen molar-refractivity contribution in [3.05, 3.63) is 62.9 Å². The number of amides is 1. The maximum Gasteiger partial charge on any atom is 0.280 e. The molecule has 0 radical (unpaired) electrons. The van der Waals surface area contributed by atoms with E-state index in [1.165, 1.54) is 6.07 Å². The molecule has 26 heavy (non-hydrogen) atoms. The standard InChI is InChI=1S/C18H15BrF2N2O2S/c1-2-25-8-7-23-16-14(21)9-11(20)10-15(16)26-18(23)22-17(24)12-5-3-4-6-13(12)19/h3-6,9-10H,2,7-8H2,1H3. The number of aromatic nitrogens is 1. The number of halogens is 3. The maximum atomic E-state index is 14.3. The van der Waals surface area contributed by atoms with E-state index in [2.05, 4.69) is 20.9 Å². The first-order chi connectivity index (χ1) is 12.5. The van der Waals surface area contributed by atoms with Gasteiger partial charge < -0.3 is 9.30 Å². The van der Waals surface area contributed by atoms with Gasteiger partial charge in [0.2, 0.25) is 0 Å². The Balaban J connectivity index is 2.14. The van der Waals surface area contributed by atoms with E-state index in [1.807, 2.05) is 6.92 Å².